The third-order valence-electron chi connectivity index (χ3n) is 5.48. The van der Waals surface area contributed by atoms with Gasteiger partial charge in [-0.3, -0.25) is 0 Å². The molecule has 0 bridgehead atoms. The highest BCUT2D eigenvalue weighted by Gasteiger charge is 2.25. The molecule has 0 spiro atoms. The van der Waals surface area contributed by atoms with Crippen molar-refractivity contribution in [3.05, 3.63) is 72.8 Å². The van der Waals surface area contributed by atoms with Crippen molar-refractivity contribution in [2.75, 3.05) is 31.6 Å². The molecule has 2 aromatic carbocycles. The van der Waals surface area contributed by atoms with Crippen LogP contribution in [0.4, 0.5) is 5.69 Å². The Labute approximate surface area is 183 Å². The molecule has 1 unspecified atom stereocenters. The number of imidazole rings is 1. The van der Waals surface area contributed by atoms with Crippen LogP contribution in [0.25, 0.3) is 5.69 Å². The van der Waals surface area contributed by atoms with Gasteiger partial charge in [0, 0.05) is 38.1 Å². The third-order valence-corrected chi connectivity index (χ3v) is 5.48. The summed E-state index contributed by atoms with van der Waals surface area (Å²) in [6, 6.07) is 16.8. The molecule has 0 radical (unpaired) electrons. The number of hydrogen-bond acceptors (Lipinski definition) is 4. The summed E-state index contributed by atoms with van der Waals surface area (Å²) in [5.41, 5.74) is 3.40. The van der Waals surface area contributed by atoms with Crippen LogP contribution in [-0.4, -0.2) is 48.3 Å². The van der Waals surface area contributed by atoms with Gasteiger partial charge in [-0.25, -0.2) is 9.98 Å². The fraction of sp³-hybridized carbons (Fsp3) is 0.333. The standard InChI is InChI=1S/C24H30N6O/c1-3-26-24(27-16-19-8-4-5-9-21(19)30-15-13-25-18-30)28-20-12-14-29(17-20)22-10-6-7-11-23(22)31-2/h4-11,13,15,18,20H,3,12,14,16-17H2,1-2H3,(H2,26,27,28). The van der Waals surface area contributed by atoms with Crippen LogP contribution in [0, 0.1) is 0 Å². The number of hydrogen-bond donors (Lipinski definition) is 2. The first-order valence-corrected chi connectivity index (χ1v) is 10.8. The Kier molecular flexibility index (Phi) is 6.72. The van der Waals surface area contributed by atoms with Crippen molar-refractivity contribution < 1.29 is 4.74 Å². The minimum atomic E-state index is 0.326. The zero-order chi connectivity index (χ0) is 21.5. The monoisotopic (exact) mass is 418 g/mol. The van der Waals surface area contributed by atoms with E-state index in [9.17, 15) is 0 Å². The molecular formula is C24H30N6O. The van der Waals surface area contributed by atoms with Crippen molar-refractivity contribution in [2.45, 2.75) is 25.9 Å². The van der Waals surface area contributed by atoms with E-state index in [-0.39, 0.29) is 0 Å². The van der Waals surface area contributed by atoms with E-state index in [1.54, 1.807) is 13.3 Å². The Hall–Kier alpha value is -3.48. The van der Waals surface area contributed by atoms with E-state index in [1.807, 2.05) is 41.4 Å². The number of aliphatic imine (C=N–C) groups is 1. The molecule has 1 aromatic heterocycles. The lowest BCUT2D eigenvalue weighted by Crippen LogP contribution is -2.44. The van der Waals surface area contributed by atoms with Crippen molar-refractivity contribution in [2.24, 2.45) is 4.99 Å². The number of nitrogens with one attached hydrogen (secondary N) is 2. The summed E-state index contributed by atoms with van der Waals surface area (Å²) in [4.78, 5) is 11.4. The molecule has 1 atom stereocenters. The second-order valence-electron chi connectivity index (χ2n) is 7.54. The first kappa shape index (κ1) is 20.8. The third kappa shape index (κ3) is 4.99. The van der Waals surface area contributed by atoms with Gasteiger partial charge in [0.2, 0.25) is 0 Å². The molecule has 4 rings (SSSR count). The van der Waals surface area contributed by atoms with Crippen LogP contribution in [0.2, 0.25) is 0 Å². The van der Waals surface area contributed by atoms with E-state index in [2.05, 4.69) is 51.7 Å². The number of aromatic nitrogens is 2. The Morgan fingerprint density at radius 1 is 1.16 bits per heavy atom. The first-order valence-electron chi connectivity index (χ1n) is 10.8. The minimum Gasteiger partial charge on any atom is -0.495 e. The zero-order valence-corrected chi connectivity index (χ0v) is 18.2. The molecule has 1 aliphatic heterocycles. The first-order chi connectivity index (χ1) is 15.3. The smallest absolute Gasteiger partial charge is 0.191 e. The van der Waals surface area contributed by atoms with E-state index < -0.39 is 0 Å². The van der Waals surface area contributed by atoms with Crippen molar-refractivity contribution >= 4 is 11.6 Å². The van der Waals surface area contributed by atoms with Gasteiger partial charge in [-0.2, -0.15) is 0 Å². The number of para-hydroxylation sites is 3. The topological polar surface area (TPSA) is 66.7 Å². The lowest BCUT2D eigenvalue weighted by molar-refractivity contribution is 0.415. The van der Waals surface area contributed by atoms with Crippen LogP contribution in [0.3, 0.4) is 0 Å². The maximum Gasteiger partial charge on any atom is 0.191 e. The Bertz CT molecular complexity index is 1000. The Morgan fingerprint density at radius 2 is 1.97 bits per heavy atom. The summed E-state index contributed by atoms with van der Waals surface area (Å²) in [5, 5.41) is 7.00. The van der Waals surface area contributed by atoms with E-state index in [4.69, 9.17) is 9.73 Å². The average molecular weight is 419 g/mol. The fourth-order valence-electron chi connectivity index (χ4n) is 3.96. The van der Waals surface area contributed by atoms with E-state index in [0.717, 1.165) is 54.7 Å². The van der Waals surface area contributed by atoms with E-state index in [0.29, 0.717) is 12.6 Å². The average Bonchev–Trinajstić information content (AvgIpc) is 3.50. The summed E-state index contributed by atoms with van der Waals surface area (Å²) in [6.45, 7) is 5.40. The highest BCUT2D eigenvalue weighted by Crippen LogP contribution is 2.30. The van der Waals surface area contributed by atoms with Gasteiger partial charge in [0.15, 0.2) is 5.96 Å². The van der Waals surface area contributed by atoms with E-state index in [1.165, 1.54) is 0 Å². The molecule has 162 valence electrons. The highest BCUT2D eigenvalue weighted by molar-refractivity contribution is 5.80. The van der Waals surface area contributed by atoms with Crippen LogP contribution >= 0.6 is 0 Å². The van der Waals surface area contributed by atoms with Gasteiger partial charge in [0.05, 0.1) is 31.4 Å². The molecule has 0 amide bonds. The van der Waals surface area contributed by atoms with Crippen LogP contribution in [0.5, 0.6) is 5.75 Å². The molecular weight excluding hydrogens is 388 g/mol. The summed E-state index contributed by atoms with van der Waals surface area (Å²) >= 11 is 0. The maximum atomic E-state index is 5.54. The predicted octanol–water partition coefficient (Wildman–Crippen LogP) is 3.21. The predicted molar refractivity (Wildman–Crippen MR) is 125 cm³/mol. The molecule has 2 N–H and O–H groups in total. The number of benzene rings is 2. The van der Waals surface area contributed by atoms with Crippen molar-refractivity contribution in [1.29, 1.82) is 0 Å². The van der Waals surface area contributed by atoms with E-state index >= 15 is 0 Å². The van der Waals surface area contributed by atoms with Gasteiger partial charge in [0.25, 0.3) is 0 Å². The molecule has 2 heterocycles. The van der Waals surface area contributed by atoms with Crippen molar-refractivity contribution in [3.63, 3.8) is 0 Å². The quantitative estimate of drug-likeness (QED) is 0.456. The normalized spacial score (nSPS) is 16.4. The second-order valence-corrected chi connectivity index (χ2v) is 7.54. The maximum absolute atomic E-state index is 5.54. The van der Waals surface area contributed by atoms with Crippen LogP contribution in [0.15, 0.2) is 72.2 Å². The number of rotatable bonds is 7. The lowest BCUT2D eigenvalue weighted by Gasteiger charge is -2.22. The second kappa shape index (κ2) is 10.0. The van der Waals surface area contributed by atoms with Crippen LogP contribution in [0.1, 0.15) is 18.9 Å². The summed E-state index contributed by atoms with van der Waals surface area (Å²) in [7, 11) is 1.72. The van der Waals surface area contributed by atoms with Gasteiger partial charge < -0.3 is 24.8 Å². The summed E-state index contributed by atoms with van der Waals surface area (Å²) in [6.07, 6.45) is 6.61. The largest absolute Gasteiger partial charge is 0.495 e. The van der Waals surface area contributed by atoms with Gasteiger partial charge in [0.1, 0.15) is 5.75 Å². The Morgan fingerprint density at radius 3 is 2.74 bits per heavy atom. The molecule has 0 aliphatic carbocycles. The number of guanidine groups is 1. The van der Waals surface area contributed by atoms with Gasteiger partial charge in [-0.15, -0.1) is 0 Å². The van der Waals surface area contributed by atoms with Crippen LogP contribution in [-0.2, 0) is 6.54 Å². The molecule has 1 saturated heterocycles. The Balaban J connectivity index is 1.44. The summed E-state index contributed by atoms with van der Waals surface area (Å²) < 4.78 is 7.56. The summed E-state index contributed by atoms with van der Waals surface area (Å²) in [5.74, 6) is 1.76. The zero-order valence-electron chi connectivity index (χ0n) is 18.2. The minimum absolute atomic E-state index is 0.326. The van der Waals surface area contributed by atoms with Crippen molar-refractivity contribution in [3.8, 4) is 11.4 Å². The van der Waals surface area contributed by atoms with Crippen molar-refractivity contribution in [1.82, 2.24) is 20.2 Å². The van der Waals surface area contributed by atoms with Gasteiger partial charge in [-0.05, 0) is 37.1 Å². The number of nitrogens with zero attached hydrogens (tertiary/aromatic N) is 4. The molecule has 3 aromatic rings. The van der Waals surface area contributed by atoms with Gasteiger partial charge >= 0.3 is 0 Å². The lowest BCUT2D eigenvalue weighted by atomic mass is 10.2. The number of methoxy groups -OCH3 is 1. The van der Waals surface area contributed by atoms with Gasteiger partial charge in [-0.1, -0.05) is 30.3 Å². The molecule has 1 aliphatic rings. The molecule has 1 fully saturated rings. The molecule has 0 saturated carbocycles. The number of ether oxygens (including phenoxy) is 1. The molecule has 31 heavy (non-hydrogen) atoms. The molecule has 7 nitrogen and oxygen atoms in total. The number of anilines is 1. The highest BCUT2D eigenvalue weighted by atomic mass is 16.5. The fourth-order valence-corrected chi connectivity index (χ4v) is 3.96. The SMILES string of the molecule is CCNC(=NCc1ccccc1-n1ccnc1)NC1CCN(c2ccccc2OC)C1. The molecule has 7 heteroatoms. The van der Waals surface area contributed by atoms with Crippen LogP contribution < -0.4 is 20.3 Å².